The molecule has 0 saturated carbocycles. The summed E-state index contributed by atoms with van der Waals surface area (Å²) >= 11 is 0. The predicted octanol–water partition coefficient (Wildman–Crippen LogP) is 3.76. The van der Waals surface area contributed by atoms with Gasteiger partial charge in [-0.2, -0.15) is 4.31 Å². The molecule has 2 rings (SSSR count). The normalized spacial score (nSPS) is 11.7. The number of carbonyl (C=O) groups excluding carboxylic acids is 1. The second-order valence-corrected chi connectivity index (χ2v) is 8.28. The van der Waals surface area contributed by atoms with Gasteiger partial charge in [0.2, 0.25) is 15.9 Å². The highest BCUT2D eigenvalue weighted by Gasteiger charge is 2.28. The first-order valence-electron chi connectivity index (χ1n) is 8.58. The molecule has 1 N–H and O–H groups in total. The van der Waals surface area contributed by atoms with Gasteiger partial charge in [0.25, 0.3) is 0 Å². The molecule has 0 radical (unpaired) electrons. The zero-order valence-corrected chi connectivity index (χ0v) is 16.5. The number of nitrogens with zero attached hydrogens (tertiary/aromatic N) is 1. The first kappa shape index (κ1) is 21.9. The van der Waals surface area contributed by atoms with Gasteiger partial charge in [0.05, 0.1) is 17.1 Å². The SMILES string of the molecule is CCCN(CC(=O)Nc1ccc(F)c(F)c1F)S(=O)(=O)c1ccc(C)cc1C. The first-order valence-corrected chi connectivity index (χ1v) is 10.0. The molecule has 2 aromatic rings. The van der Waals surface area contributed by atoms with Crippen LogP contribution >= 0.6 is 0 Å². The molecule has 0 bridgehead atoms. The summed E-state index contributed by atoms with van der Waals surface area (Å²) in [5.41, 5.74) is 0.863. The first-order chi connectivity index (χ1) is 13.1. The third kappa shape index (κ3) is 4.71. The quantitative estimate of drug-likeness (QED) is 0.702. The molecule has 0 unspecified atom stereocenters. The summed E-state index contributed by atoms with van der Waals surface area (Å²) in [5, 5.41) is 2.09. The highest BCUT2D eigenvalue weighted by Crippen LogP contribution is 2.22. The van der Waals surface area contributed by atoms with Crippen LogP contribution in [-0.2, 0) is 14.8 Å². The van der Waals surface area contributed by atoms with Crippen LogP contribution in [0.5, 0.6) is 0 Å². The van der Waals surface area contributed by atoms with E-state index in [1.165, 1.54) is 6.07 Å². The Labute approximate surface area is 162 Å². The molecule has 0 aromatic heterocycles. The van der Waals surface area contributed by atoms with E-state index in [9.17, 15) is 26.4 Å². The Balaban J connectivity index is 2.27. The van der Waals surface area contributed by atoms with Crippen LogP contribution < -0.4 is 5.32 Å². The van der Waals surface area contributed by atoms with Gasteiger partial charge in [-0.1, -0.05) is 24.6 Å². The number of amides is 1. The van der Waals surface area contributed by atoms with Crippen LogP contribution in [0.3, 0.4) is 0 Å². The van der Waals surface area contributed by atoms with Crippen LogP contribution in [0.15, 0.2) is 35.2 Å². The van der Waals surface area contributed by atoms with E-state index in [0.29, 0.717) is 18.1 Å². The minimum Gasteiger partial charge on any atom is -0.322 e. The van der Waals surface area contributed by atoms with Crippen molar-refractivity contribution in [2.24, 2.45) is 0 Å². The molecule has 0 fully saturated rings. The second kappa shape index (κ2) is 8.74. The number of aryl methyl sites for hydroxylation is 2. The lowest BCUT2D eigenvalue weighted by Crippen LogP contribution is -2.39. The fraction of sp³-hybridized carbons (Fsp3) is 0.316. The monoisotopic (exact) mass is 414 g/mol. The minimum atomic E-state index is -3.98. The number of nitrogens with one attached hydrogen (secondary N) is 1. The van der Waals surface area contributed by atoms with Crippen LogP contribution in [0, 0.1) is 31.3 Å². The maximum Gasteiger partial charge on any atom is 0.243 e. The molecule has 0 atom stereocenters. The highest BCUT2D eigenvalue weighted by atomic mass is 32.2. The van der Waals surface area contributed by atoms with E-state index in [1.807, 2.05) is 6.92 Å². The molecule has 0 aliphatic rings. The van der Waals surface area contributed by atoms with E-state index in [1.54, 1.807) is 26.0 Å². The fourth-order valence-electron chi connectivity index (χ4n) is 2.73. The molecule has 0 spiro atoms. The molecule has 2 aromatic carbocycles. The number of anilines is 1. The number of hydrogen-bond donors (Lipinski definition) is 1. The fourth-order valence-corrected chi connectivity index (χ4v) is 4.43. The highest BCUT2D eigenvalue weighted by molar-refractivity contribution is 7.89. The smallest absolute Gasteiger partial charge is 0.243 e. The van der Waals surface area contributed by atoms with Crippen LogP contribution in [0.1, 0.15) is 24.5 Å². The molecule has 9 heteroatoms. The van der Waals surface area contributed by atoms with Gasteiger partial charge in [0.1, 0.15) is 0 Å². The molecule has 1 amide bonds. The Morgan fingerprint density at radius 2 is 1.75 bits per heavy atom. The van der Waals surface area contributed by atoms with Crippen molar-refractivity contribution < 1.29 is 26.4 Å². The number of carbonyl (C=O) groups is 1. The summed E-state index contributed by atoms with van der Waals surface area (Å²) in [6, 6.07) is 6.38. The van der Waals surface area contributed by atoms with Crippen LogP contribution in [0.25, 0.3) is 0 Å². The standard InChI is InChI=1S/C19H21F3N2O3S/c1-4-9-24(28(26,27)16-8-5-12(2)10-13(16)3)11-17(25)23-15-7-6-14(20)18(21)19(15)22/h5-8,10H,4,9,11H2,1-3H3,(H,23,25). The summed E-state index contributed by atoms with van der Waals surface area (Å²) in [6.45, 7) is 4.69. The maximum atomic E-state index is 13.7. The Morgan fingerprint density at radius 1 is 1.07 bits per heavy atom. The molecule has 5 nitrogen and oxygen atoms in total. The molecule has 0 heterocycles. The second-order valence-electron chi connectivity index (χ2n) is 6.38. The van der Waals surface area contributed by atoms with E-state index in [0.717, 1.165) is 15.9 Å². The lowest BCUT2D eigenvalue weighted by molar-refractivity contribution is -0.116. The maximum absolute atomic E-state index is 13.7. The number of rotatable bonds is 7. The van der Waals surface area contributed by atoms with E-state index >= 15 is 0 Å². The van der Waals surface area contributed by atoms with Gasteiger partial charge in [-0.25, -0.2) is 21.6 Å². The molecule has 0 saturated heterocycles. The van der Waals surface area contributed by atoms with E-state index in [2.05, 4.69) is 5.32 Å². The largest absolute Gasteiger partial charge is 0.322 e. The van der Waals surface area contributed by atoms with Crippen molar-refractivity contribution >= 4 is 21.6 Å². The summed E-state index contributed by atoms with van der Waals surface area (Å²) in [4.78, 5) is 12.3. The Bertz CT molecular complexity index is 994. The predicted molar refractivity (Wildman–Crippen MR) is 99.9 cm³/mol. The lowest BCUT2D eigenvalue weighted by atomic mass is 10.2. The Hall–Kier alpha value is -2.39. The topological polar surface area (TPSA) is 66.5 Å². The molecular formula is C19H21F3N2O3S. The van der Waals surface area contributed by atoms with Gasteiger partial charge in [-0.15, -0.1) is 0 Å². The Kier molecular flexibility index (Phi) is 6.84. The zero-order chi connectivity index (χ0) is 21.1. The number of hydrogen-bond acceptors (Lipinski definition) is 3. The average Bonchev–Trinajstić information content (AvgIpc) is 2.61. The van der Waals surface area contributed by atoms with Crippen LogP contribution in [-0.4, -0.2) is 31.7 Å². The van der Waals surface area contributed by atoms with Gasteiger partial charge in [-0.3, -0.25) is 4.79 Å². The van der Waals surface area contributed by atoms with E-state index in [-0.39, 0.29) is 11.4 Å². The third-order valence-electron chi connectivity index (χ3n) is 4.05. The van der Waals surface area contributed by atoms with Gasteiger partial charge in [0.15, 0.2) is 17.5 Å². The summed E-state index contributed by atoms with van der Waals surface area (Å²) in [5.74, 6) is -5.52. The van der Waals surface area contributed by atoms with E-state index in [4.69, 9.17) is 0 Å². The van der Waals surface area contributed by atoms with Gasteiger partial charge < -0.3 is 5.32 Å². The van der Waals surface area contributed by atoms with Crippen LogP contribution in [0.4, 0.5) is 18.9 Å². The van der Waals surface area contributed by atoms with Crippen molar-refractivity contribution in [3.63, 3.8) is 0 Å². The number of halogens is 3. The van der Waals surface area contributed by atoms with Gasteiger partial charge in [-0.05, 0) is 44.0 Å². The number of benzene rings is 2. The minimum absolute atomic E-state index is 0.0589. The average molecular weight is 414 g/mol. The van der Waals surface area contributed by atoms with Crippen molar-refractivity contribution in [2.45, 2.75) is 32.1 Å². The van der Waals surface area contributed by atoms with Gasteiger partial charge >= 0.3 is 0 Å². The van der Waals surface area contributed by atoms with Crippen LogP contribution in [0.2, 0.25) is 0 Å². The van der Waals surface area contributed by atoms with Crippen molar-refractivity contribution in [3.8, 4) is 0 Å². The van der Waals surface area contributed by atoms with Crippen molar-refractivity contribution in [3.05, 3.63) is 58.9 Å². The van der Waals surface area contributed by atoms with Gasteiger partial charge in [0, 0.05) is 6.54 Å². The Morgan fingerprint density at radius 3 is 2.36 bits per heavy atom. The molecule has 0 aliphatic carbocycles. The summed E-state index contributed by atoms with van der Waals surface area (Å²) < 4.78 is 67.0. The zero-order valence-electron chi connectivity index (χ0n) is 15.7. The molecular weight excluding hydrogens is 393 g/mol. The summed E-state index contributed by atoms with van der Waals surface area (Å²) in [7, 11) is -3.98. The van der Waals surface area contributed by atoms with Crippen molar-refractivity contribution in [2.75, 3.05) is 18.4 Å². The third-order valence-corrected chi connectivity index (χ3v) is 6.06. The summed E-state index contributed by atoms with van der Waals surface area (Å²) in [6.07, 6.45) is 0.441. The van der Waals surface area contributed by atoms with E-state index < -0.39 is 45.6 Å². The molecule has 0 aliphatic heterocycles. The lowest BCUT2D eigenvalue weighted by Gasteiger charge is -2.22. The van der Waals surface area contributed by atoms with Crippen molar-refractivity contribution in [1.82, 2.24) is 4.31 Å². The molecule has 152 valence electrons. The van der Waals surface area contributed by atoms with Crippen molar-refractivity contribution in [1.29, 1.82) is 0 Å². The number of sulfonamides is 1. The molecule has 28 heavy (non-hydrogen) atoms.